The molecule has 1 N–H and O–H groups in total. The Morgan fingerprint density at radius 1 is 1.00 bits per heavy atom. The molecule has 0 aliphatic carbocycles. The number of ether oxygens (including phenoxy) is 1. The summed E-state index contributed by atoms with van der Waals surface area (Å²) < 4.78 is 5.43. The Morgan fingerprint density at radius 3 is 2.22 bits per heavy atom. The average molecular weight is 310 g/mol. The molecule has 0 amide bonds. The molecule has 0 radical (unpaired) electrons. The molecule has 0 fully saturated rings. The number of rotatable bonds is 7. The number of aliphatic hydroxyl groups excluding tert-OH is 1. The number of aliphatic hydroxyl groups is 1. The minimum Gasteiger partial charge on any atom is -0.496 e. The molecule has 0 saturated carbocycles. The highest BCUT2D eigenvalue weighted by atomic mass is 16.5. The molecule has 2 rings (SSSR count). The Morgan fingerprint density at radius 2 is 1.61 bits per heavy atom. The quantitative estimate of drug-likeness (QED) is 0.707. The van der Waals surface area contributed by atoms with E-state index in [1.165, 1.54) is 5.57 Å². The zero-order chi connectivity index (χ0) is 16.7. The highest BCUT2D eigenvalue weighted by molar-refractivity contribution is 5.39. The SMILES string of the molecule is CCC(=C[C@@H](c1ccccc1)[C@@H](O)c1ccccc1OC)CC. The molecule has 0 saturated heterocycles. The van der Waals surface area contributed by atoms with E-state index in [2.05, 4.69) is 32.1 Å². The molecule has 0 bridgehead atoms. The number of hydrogen-bond acceptors (Lipinski definition) is 2. The first-order chi connectivity index (χ1) is 11.2. The maximum absolute atomic E-state index is 11.1. The number of para-hydroxylation sites is 1. The predicted molar refractivity (Wildman–Crippen MR) is 95.8 cm³/mol. The van der Waals surface area contributed by atoms with Crippen molar-refractivity contribution in [2.45, 2.75) is 38.7 Å². The lowest BCUT2D eigenvalue weighted by atomic mass is 9.86. The van der Waals surface area contributed by atoms with Crippen molar-refractivity contribution < 1.29 is 9.84 Å². The van der Waals surface area contributed by atoms with Gasteiger partial charge in [-0.15, -0.1) is 0 Å². The van der Waals surface area contributed by atoms with Gasteiger partial charge in [0.25, 0.3) is 0 Å². The van der Waals surface area contributed by atoms with Crippen molar-refractivity contribution >= 4 is 0 Å². The van der Waals surface area contributed by atoms with E-state index in [0.717, 1.165) is 29.7 Å². The largest absolute Gasteiger partial charge is 0.496 e. The zero-order valence-electron chi connectivity index (χ0n) is 14.2. The van der Waals surface area contributed by atoms with E-state index in [9.17, 15) is 5.11 Å². The third-order valence-electron chi connectivity index (χ3n) is 4.31. The van der Waals surface area contributed by atoms with Gasteiger partial charge >= 0.3 is 0 Å². The van der Waals surface area contributed by atoms with E-state index in [1.807, 2.05) is 42.5 Å². The summed E-state index contributed by atoms with van der Waals surface area (Å²) >= 11 is 0. The van der Waals surface area contributed by atoms with Gasteiger partial charge in [0, 0.05) is 11.5 Å². The van der Waals surface area contributed by atoms with Crippen molar-refractivity contribution in [1.29, 1.82) is 0 Å². The third-order valence-corrected chi connectivity index (χ3v) is 4.31. The second kappa shape index (κ2) is 8.54. The van der Waals surface area contributed by atoms with Crippen LogP contribution in [0.2, 0.25) is 0 Å². The topological polar surface area (TPSA) is 29.5 Å². The van der Waals surface area contributed by atoms with E-state index in [1.54, 1.807) is 7.11 Å². The van der Waals surface area contributed by atoms with Crippen LogP contribution >= 0.6 is 0 Å². The number of methoxy groups -OCH3 is 1. The molecule has 2 aromatic carbocycles. The Hall–Kier alpha value is -2.06. The fourth-order valence-corrected chi connectivity index (χ4v) is 2.89. The van der Waals surface area contributed by atoms with Gasteiger partial charge in [0.15, 0.2) is 0 Å². The monoisotopic (exact) mass is 310 g/mol. The second-order valence-electron chi connectivity index (χ2n) is 5.66. The Balaban J connectivity index is 2.46. The van der Waals surface area contributed by atoms with Gasteiger partial charge in [-0.25, -0.2) is 0 Å². The molecule has 122 valence electrons. The van der Waals surface area contributed by atoms with Gasteiger partial charge in [-0.05, 0) is 24.5 Å². The number of hydrogen-bond donors (Lipinski definition) is 1. The van der Waals surface area contributed by atoms with Gasteiger partial charge in [-0.3, -0.25) is 0 Å². The van der Waals surface area contributed by atoms with Crippen LogP contribution in [0.5, 0.6) is 5.75 Å². The van der Waals surface area contributed by atoms with Crippen LogP contribution in [0.3, 0.4) is 0 Å². The van der Waals surface area contributed by atoms with Gasteiger partial charge in [0.2, 0.25) is 0 Å². The highest BCUT2D eigenvalue weighted by Crippen LogP contribution is 2.37. The molecule has 23 heavy (non-hydrogen) atoms. The van der Waals surface area contributed by atoms with Crippen LogP contribution in [0, 0.1) is 0 Å². The zero-order valence-corrected chi connectivity index (χ0v) is 14.2. The van der Waals surface area contributed by atoms with E-state index in [4.69, 9.17) is 4.74 Å². The van der Waals surface area contributed by atoms with Gasteiger partial charge < -0.3 is 9.84 Å². The van der Waals surface area contributed by atoms with E-state index < -0.39 is 6.10 Å². The molecule has 0 unspecified atom stereocenters. The minimum absolute atomic E-state index is 0.0811. The van der Waals surface area contributed by atoms with Crippen LogP contribution in [-0.2, 0) is 0 Å². The van der Waals surface area contributed by atoms with Crippen molar-refractivity contribution in [1.82, 2.24) is 0 Å². The Labute approximate surface area is 139 Å². The minimum atomic E-state index is -0.637. The first-order valence-electron chi connectivity index (χ1n) is 8.26. The molecular formula is C21H26O2. The number of benzene rings is 2. The first kappa shape index (κ1) is 17.3. The summed E-state index contributed by atoms with van der Waals surface area (Å²) in [5.74, 6) is 0.645. The lowest BCUT2D eigenvalue weighted by molar-refractivity contribution is 0.157. The first-order valence-corrected chi connectivity index (χ1v) is 8.26. The molecule has 0 aliphatic rings. The maximum atomic E-state index is 11.1. The van der Waals surface area contributed by atoms with E-state index >= 15 is 0 Å². The predicted octanol–water partition coefficient (Wildman–Crippen LogP) is 5.26. The summed E-state index contributed by atoms with van der Waals surface area (Å²) in [5.41, 5.74) is 3.30. The number of allylic oxidation sites excluding steroid dienone is 1. The summed E-state index contributed by atoms with van der Waals surface area (Å²) in [6.07, 6.45) is 3.57. The molecule has 2 heteroatoms. The summed E-state index contributed by atoms with van der Waals surface area (Å²) in [4.78, 5) is 0. The fraction of sp³-hybridized carbons (Fsp3) is 0.333. The van der Waals surface area contributed by atoms with Crippen LogP contribution in [0.25, 0.3) is 0 Å². The van der Waals surface area contributed by atoms with Gasteiger partial charge in [-0.1, -0.05) is 74.0 Å². The lowest BCUT2D eigenvalue weighted by Crippen LogP contribution is -2.11. The molecule has 0 aromatic heterocycles. The summed E-state index contributed by atoms with van der Waals surface area (Å²) in [6.45, 7) is 4.32. The highest BCUT2D eigenvalue weighted by Gasteiger charge is 2.23. The lowest BCUT2D eigenvalue weighted by Gasteiger charge is -2.23. The van der Waals surface area contributed by atoms with Crippen molar-refractivity contribution in [3.63, 3.8) is 0 Å². The van der Waals surface area contributed by atoms with E-state index in [-0.39, 0.29) is 5.92 Å². The third kappa shape index (κ3) is 4.23. The average Bonchev–Trinajstić information content (AvgIpc) is 2.63. The summed E-state index contributed by atoms with van der Waals surface area (Å²) in [7, 11) is 1.64. The molecule has 2 aromatic rings. The molecule has 0 heterocycles. The van der Waals surface area contributed by atoms with Crippen molar-refractivity contribution in [3.8, 4) is 5.75 Å². The van der Waals surface area contributed by atoms with Crippen LogP contribution in [0.15, 0.2) is 66.2 Å². The Kier molecular flexibility index (Phi) is 6.42. The van der Waals surface area contributed by atoms with Gasteiger partial charge in [0.05, 0.1) is 13.2 Å². The molecule has 2 nitrogen and oxygen atoms in total. The van der Waals surface area contributed by atoms with Crippen molar-refractivity contribution in [2.75, 3.05) is 7.11 Å². The van der Waals surface area contributed by atoms with Crippen LogP contribution in [-0.4, -0.2) is 12.2 Å². The summed E-state index contributed by atoms with van der Waals surface area (Å²) in [6, 6.07) is 17.9. The van der Waals surface area contributed by atoms with E-state index in [0.29, 0.717) is 0 Å². The van der Waals surface area contributed by atoms with Gasteiger partial charge in [0.1, 0.15) is 5.75 Å². The smallest absolute Gasteiger partial charge is 0.124 e. The van der Waals surface area contributed by atoms with Crippen LogP contribution in [0.4, 0.5) is 0 Å². The molecular weight excluding hydrogens is 284 g/mol. The normalized spacial score (nSPS) is 13.2. The van der Waals surface area contributed by atoms with Crippen LogP contribution in [0.1, 0.15) is 49.8 Å². The van der Waals surface area contributed by atoms with Crippen LogP contribution < -0.4 is 4.74 Å². The fourth-order valence-electron chi connectivity index (χ4n) is 2.89. The van der Waals surface area contributed by atoms with Crippen molar-refractivity contribution in [3.05, 3.63) is 77.4 Å². The molecule has 0 spiro atoms. The Bertz CT molecular complexity index is 625. The summed E-state index contributed by atoms with van der Waals surface area (Å²) in [5, 5.41) is 11.1. The maximum Gasteiger partial charge on any atom is 0.124 e. The standard InChI is InChI=1S/C21H26O2/c1-4-16(5-2)15-19(17-11-7-6-8-12-17)21(22)18-13-9-10-14-20(18)23-3/h6-15,19,21-22H,4-5H2,1-3H3/t19-,21-/m0/s1. The van der Waals surface area contributed by atoms with Gasteiger partial charge in [-0.2, -0.15) is 0 Å². The second-order valence-corrected chi connectivity index (χ2v) is 5.66. The molecule has 2 atom stereocenters. The molecule has 0 aliphatic heterocycles. The van der Waals surface area contributed by atoms with Crippen molar-refractivity contribution in [2.24, 2.45) is 0 Å².